The Morgan fingerprint density at radius 1 is 1.40 bits per heavy atom. The summed E-state index contributed by atoms with van der Waals surface area (Å²) in [6.07, 6.45) is 1.66. The van der Waals surface area contributed by atoms with E-state index in [4.69, 9.17) is 4.74 Å². The SMILES string of the molecule is CCC1COC(O)C1CC. The van der Waals surface area contributed by atoms with Crippen molar-refractivity contribution in [2.45, 2.75) is 33.0 Å². The smallest absolute Gasteiger partial charge is 0.157 e. The maximum atomic E-state index is 9.27. The molecule has 0 bridgehead atoms. The molecule has 2 nitrogen and oxygen atoms in total. The highest BCUT2D eigenvalue weighted by atomic mass is 16.6. The van der Waals surface area contributed by atoms with Crippen molar-refractivity contribution in [3.63, 3.8) is 0 Å². The van der Waals surface area contributed by atoms with Gasteiger partial charge in [-0.2, -0.15) is 0 Å². The van der Waals surface area contributed by atoms with E-state index in [1.807, 2.05) is 0 Å². The number of aliphatic hydroxyl groups is 1. The molecule has 1 rings (SSSR count). The van der Waals surface area contributed by atoms with Crippen molar-refractivity contribution in [3.05, 3.63) is 0 Å². The molecule has 2 heteroatoms. The Kier molecular flexibility index (Phi) is 2.69. The third kappa shape index (κ3) is 1.32. The van der Waals surface area contributed by atoms with Gasteiger partial charge in [-0.3, -0.25) is 0 Å². The topological polar surface area (TPSA) is 29.5 Å². The maximum absolute atomic E-state index is 9.27. The predicted molar refractivity (Wildman–Crippen MR) is 39.5 cm³/mol. The van der Waals surface area contributed by atoms with Gasteiger partial charge in [0.25, 0.3) is 0 Å². The van der Waals surface area contributed by atoms with E-state index in [1.54, 1.807) is 0 Å². The lowest BCUT2D eigenvalue weighted by atomic mass is 9.90. The van der Waals surface area contributed by atoms with Gasteiger partial charge in [0.1, 0.15) is 0 Å². The zero-order valence-electron chi connectivity index (χ0n) is 6.71. The molecule has 10 heavy (non-hydrogen) atoms. The molecule has 1 aliphatic heterocycles. The van der Waals surface area contributed by atoms with Crippen LogP contribution >= 0.6 is 0 Å². The van der Waals surface area contributed by atoms with Crippen molar-refractivity contribution in [2.24, 2.45) is 11.8 Å². The summed E-state index contributed by atoms with van der Waals surface area (Å²) < 4.78 is 5.12. The fraction of sp³-hybridized carbons (Fsp3) is 1.00. The minimum Gasteiger partial charge on any atom is -0.368 e. The highest BCUT2D eigenvalue weighted by molar-refractivity contribution is 4.75. The molecule has 0 aromatic heterocycles. The van der Waals surface area contributed by atoms with Gasteiger partial charge in [0.05, 0.1) is 6.61 Å². The summed E-state index contributed by atoms with van der Waals surface area (Å²) in [7, 11) is 0. The van der Waals surface area contributed by atoms with Crippen molar-refractivity contribution in [1.82, 2.24) is 0 Å². The molecule has 0 radical (unpaired) electrons. The van der Waals surface area contributed by atoms with E-state index in [0.29, 0.717) is 11.8 Å². The molecular weight excluding hydrogens is 128 g/mol. The fourth-order valence-electron chi connectivity index (χ4n) is 1.66. The minimum absolute atomic E-state index is 0.380. The van der Waals surface area contributed by atoms with Gasteiger partial charge in [-0.1, -0.05) is 20.3 Å². The van der Waals surface area contributed by atoms with Crippen LogP contribution in [-0.4, -0.2) is 18.0 Å². The van der Waals surface area contributed by atoms with Gasteiger partial charge in [-0.25, -0.2) is 0 Å². The van der Waals surface area contributed by atoms with Crippen LogP contribution in [0.4, 0.5) is 0 Å². The zero-order valence-corrected chi connectivity index (χ0v) is 6.71. The quantitative estimate of drug-likeness (QED) is 0.634. The Bertz CT molecular complexity index is 103. The Balaban J connectivity index is 2.45. The second-order valence-corrected chi connectivity index (χ2v) is 2.96. The summed E-state index contributed by atoms with van der Waals surface area (Å²) in [5, 5.41) is 9.27. The molecule has 0 aromatic carbocycles. The summed E-state index contributed by atoms with van der Waals surface area (Å²) in [6.45, 7) is 5.00. The Morgan fingerprint density at radius 3 is 2.50 bits per heavy atom. The van der Waals surface area contributed by atoms with Gasteiger partial charge in [-0.15, -0.1) is 0 Å². The summed E-state index contributed by atoms with van der Waals surface area (Å²) in [5.74, 6) is 0.963. The van der Waals surface area contributed by atoms with E-state index in [2.05, 4.69) is 13.8 Å². The molecule has 0 saturated carbocycles. The van der Waals surface area contributed by atoms with E-state index in [0.717, 1.165) is 19.4 Å². The zero-order chi connectivity index (χ0) is 7.56. The molecule has 1 saturated heterocycles. The van der Waals surface area contributed by atoms with Crippen molar-refractivity contribution in [1.29, 1.82) is 0 Å². The Hall–Kier alpha value is -0.0800. The maximum Gasteiger partial charge on any atom is 0.157 e. The number of hydrogen-bond acceptors (Lipinski definition) is 2. The van der Waals surface area contributed by atoms with Crippen LogP contribution in [0.25, 0.3) is 0 Å². The van der Waals surface area contributed by atoms with Gasteiger partial charge in [-0.05, 0) is 12.3 Å². The van der Waals surface area contributed by atoms with Crippen LogP contribution < -0.4 is 0 Å². The van der Waals surface area contributed by atoms with Crippen LogP contribution in [0, 0.1) is 11.8 Å². The molecule has 3 atom stereocenters. The predicted octanol–water partition coefficient (Wildman–Crippen LogP) is 1.39. The molecular formula is C8H16O2. The highest BCUT2D eigenvalue weighted by Crippen LogP contribution is 2.30. The molecule has 0 aromatic rings. The van der Waals surface area contributed by atoms with Crippen LogP contribution in [0.1, 0.15) is 26.7 Å². The number of hydrogen-bond donors (Lipinski definition) is 1. The molecule has 1 aliphatic rings. The third-order valence-electron chi connectivity index (χ3n) is 2.45. The normalized spacial score (nSPS) is 40.5. The number of rotatable bonds is 2. The highest BCUT2D eigenvalue weighted by Gasteiger charge is 2.32. The fourth-order valence-corrected chi connectivity index (χ4v) is 1.66. The molecule has 0 amide bonds. The molecule has 3 unspecified atom stereocenters. The van der Waals surface area contributed by atoms with E-state index in [-0.39, 0.29) is 0 Å². The second-order valence-electron chi connectivity index (χ2n) is 2.96. The summed E-state index contributed by atoms with van der Waals surface area (Å²) in [4.78, 5) is 0. The molecule has 60 valence electrons. The minimum atomic E-state index is -0.491. The summed E-state index contributed by atoms with van der Waals surface area (Å²) in [5.41, 5.74) is 0. The number of ether oxygens (including phenoxy) is 1. The molecule has 1 N–H and O–H groups in total. The third-order valence-corrected chi connectivity index (χ3v) is 2.45. The monoisotopic (exact) mass is 144 g/mol. The average Bonchev–Trinajstić information content (AvgIpc) is 2.30. The first-order valence-electron chi connectivity index (χ1n) is 4.09. The lowest BCUT2D eigenvalue weighted by Gasteiger charge is -2.15. The van der Waals surface area contributed by atoms with Gasteiger partial charge >= 0.3 is 0 Å². The van der Waals surface area contributed by atoms with Crippen molar-refractivity contribution in [2.75, 3.05) is 6.61 Å². The molecule has 0 aliphatic carbocycles. The Morgan fingerprint density at radius 2 is 2.10 bits per heavy atom. The molecule has 0 spiro atoms. The van der Waals surface area contributed by atoms with E-state index in [9.17, 15) is 5.11 Å². The van der Waals surface area contributed by atoms with E-state index >= 15 is 0 Å². The van der Waals surface area contributed by atoms with Crippen LogP contribution in [0.2, 0.25) is 0 Å². The largest absolute Gasteiger partial charge is 0.368 e. The second kappa shape index (κ2) is 3.35. The van der Waals surface area contributed by atoms with E-state index < -0.39 is 6.29 Å². The summed E-state index contributed by atoms with van der Waals surface area (Å²) in [6, 6.07) is 0. The van der Waals surface area contributed by atoms with Crippen LogP contribution in [0.3, 0.4) is 0 Å². The van der Waals surface area contributed by atoms with Crippen LogP contribution in [0.5, 0.6) is 0 Å². The first-order valence-corrected chi connectivity index (χ1v) is 4.09. The first kappa shape index (κ1) is 8.02. The lowest BCUT2D eigenvalue weighted by molar-refractivity contribution is -0.0827. The van der Waals surface area contributed by atoms with Crippen LogP contribution in [-0.2, 0) is 4.74 Å². The number of aliphatic hydroxyl groups excluding tert-OH is 1. The average molecular weight is 144 g/mol. The van der Waals surface area contributed by atoms with Gasteiger partial charge in [0.15, 0.2) is 6.29 Å². The Labute approximate surface area is 62.2 Å². The van der Waals surface area contributed by atoms with E-state index in [1.165, 1.54) is 0 Å². The van der Waals surface area contributed by atoms with Crippen molar-refractivity contribution >= 4 is 0 Å². The van der Waals surface area contributed by atoms with Crippen molar-refractivity contribution in [3.8, 4) is 0 Å². The standard InChI is InChI=1S/C8H16O2/c1-3-6-5-10-8(9)7(6)4-2/h6-9H,3-5H2,1-2H3. The molecule has 1 fully saturated rings. The first-order chi connectivity index (χ1) is 4.79. The van der Waals surface area contributed by atoms with Gasteiger partial charge in [0, 0.05) is 5.92 Å². The lowest BCUT2D eigenvalue weighted by Crippen LogP contribution is -2.18. The summed E-state index contributed by atoms with van der Waals surface area (Å²) >= 11 is 0. The van der Waals surface area contributed by atoms with Crippen molar-refractivity contribution < 1.29 is 9.84 Å². The molecule has 1 heterocycles. The van der Waals surface area contributed by atoms with Gasteiger partial charge < -0.3 is 9.84 Å². The van der Waals surface area contributed by atoms with Crippen LogP contribution in [0.15, 0.2) is 0 Å². The van der Waals surface area contributed by atoms with Gasteiger partial charge in [0.2, 0.25) is 0 Å².